The highest BCUT2D eigenvalue weighted by Crippen LogP contribution is 2.10. The van der Waals surface area contributed by atoms with Crippen molar-refractivity contribution in [3.05, 3.63) is 0 Å². The summed E-state index contributed by atoms with van der Waals surface area (Å²) in [5.74, 6) is 0. The zero-order chi connectivity index (χ0) is 12.1. The van der Waals surface area contributed by atoms with E-state index in [9.17, 15) is 4.79 Å². The number of hydrogen-bond acceptors (Lipinski definition) is 2. The summed E-state index contributed by atoms with van der Waals surface area (Å²) < 4.78 is 0. The Bertz CT molecular complexity index is 187. The number of hydrogen-bond donors (Lipinski definition) is 0. The van der Waals surface area contributed by atoms with Gasteiger partial charge in [-0.1, -0.05) is 58.3 Å². The van der Waals surface area contributed by atoms with Crippen molar-refractivity contribution in [1.29, 1.82) is 0 Å². The van der Waals surface area contributed by atoms with Crippen LogP contribution in [0.4, 0.5) is 0 Å². The van der Waals surface area contributed by atoms with Crippen LogP contribution < -0.4 is 0 Å². The van der Waals surface area contributed by atoms with Gasteiger partial charge in [0, 0.05) is 7.05 Å². The molecule has 0 aromatic heterocycles. The lowest BCUT2D eigenvalue weighted by Crippen LogP contribution is -1.98. The van der Waals surface area contributed by atoms with Crippen LogP contribution in [0, 0.1) is 0 Å². The molecule has 94 valence electrons. The molecule has 0 bridgehead atoms. The van der Waals surface area contributed by atoms with E-state index in [-0.39, 0.29) is 0 Å². The highest BCUT2D eigenvalue weighted by atomic mass is 16.1. The van der Waals surface area contributed by atoms with Crippen LogP contribution in [0.3, 0.4) is 0 Å². The average molecular weight is 225 g/mol. The molecule has 0 spiro atoms. The fourth-order valence-corrected chi connectivity index (χ4v) is 1.84. The van der Waals surface area contributed by atoms with Gasteiger partial charge < -0.3 is 0 Å². The Balaban J connectivity index is 3.12. The largest absolute Gasteiger partial charge is 0.297 e. The lowest BCUT2D eigenvalue weighted by molar-refractivity contribution is -0.102. The minimum Gasteiger partial charge on any atom is -0.297 e. The number of carbonyl (C=O) groups is 1. The maximum absolute atomic E-state index is 10.5. The Labute approximate surface area is 101 Å². The summed E-state index contributed by atoms with van der Waals surface area (Å²) in [6.45, 7) is 2.25. The fraction of sp³-hybridized carbons (Fsp3) is 0.857. The first kappa shape index (κ1) is 15.3. The van der Waals surface area contributed by atoms with Crippen LogP contribution in [-0.4, -0.2) is 19.0 Å². The number of rotatable bonds is 11. The quantitative estimate of drug-likeness (QED) is 0.295. The first-order valence-electron chi connectivity index (χ1n) is 6.76. The summed E-state index contributed by atoms with van der Waals surface area (Å²) in [6.07, 6.45) is 13.6. The van der Waals surface area contributed by atoms with Crippen LogP contribution in [0.25, 0.3) is 0 Å². The molecule has 0 aliphatic carbocycles. The zero-order valence-corrected chi connectivity index (χ0v) is 11.0. The summed E-state index contributed by atoms with van der Waals surface area (Å²) >= 11 is 0. The smallest absolute Gasteiger partial charge is 0.163 e. The summed E-state index contributed by atoms with van der Waals surface area (Å²) in [5.41, 5.74) is 0.711. The van der Waals surface area contributed by atoms with Crippen LogP contribution in [0.5, 0.6) is 0 Å². The van der Waals surface area contributed by atoms with E-state index in [0.29, 0.717) is 5.71 Å². The molecular formula is C14H27NO. The molecule has 0 aromatic rings. The third-order valence-corrected chi connectivity index (χ3v) is 2.96. The van der Waals surface area contributed by atoms with Gasteiger partial charge in [-0.15, -0.1) is 0 Å². The van der Waals surface area contributed by atoms with E-state index in [1.165, 1.54) is 51.4 Å². The molecule has 0 aromatic carbocycles. The van der Waals surface area contributed by atoms with Gasteiger partial charge in [0.15, 0.2) is 6.29 Å². The summed E-state index contributed by atoms with van der Waals surface area (Å²) in [6, 6.07) is 0. The van der Waals surface area contributed by atoms with E-state index in [2.05, 4.69) is 11.9 Å². The van der Waals surface area contributed by atoms with E-state index >= 15 is 0 Å². The Kier molecular flexibility index (Phi) is 11.9. The predicted octanol–water partition coefficient (Wildman–Crippen LogP) is 4.18. The summed E-state index contributed by atoms with van der Waals surface area (Å²) in [5, 5.41) is 0. The van der Waals surface area contributed by atoms with Crippen molar-refractivity contribution in [2.45, 2.75) is 71.1 Å². The molecule has 0 atom stereocenters. The predicted molar refractivity (Wildman–Crippen MR) is 71.3 cm³/mol. The normalized spacial score (nSPS) is 11.8. The zero-order valence-electron chi connectivity index (χ0n) is 11.0. The lowest BCUT2D eigenvalue weighted by Gasteiger charge is -2.01. The second-order valence-electron chi connectivity index (χ2n) is 4.41. The molecule has 0 aliphatic rings. The van der Waals surface area contributed by atoms with Gasteiger partial charge in [0.2, 0.25) is 0 Å². The number of unbranched alkanes of at least 4 members (excludes halogenated alkanes) is 8. The molecule has 0 amide bonds. The van der Waals surface area contributed by atoms with E-state index in [1.807, 2.05) is 0 Å². The number of aliphatic imine (C=N–C) groups is 1. The van der Waals surface area contributed by atoms with Crippen molar-refractivity contribution in [2.24, 2.45) is 4.99 Å². The molecule has 0 saturated carbocycles. The molecule has 2 nitrogen and oxygen atoms in total. The van der Waals surface area contributed by atoms with Gasteiger partial charge in [-0.3, -0.25) is 9.79 Å². The van der Waals surface area contributed by atoms with Crippen molar-refractivity contribution >= 4 is 12.0 Å². The minimum absolute atomic E-state index is 0.711. The van der Waals surface area contributed by atoms with Crippen molar-refractivity contribution in [2.75, 3.05) is 7.05 Å². The highest BCUT2D eigenvalue weighted by molar-refractivity contribution is 6.28. The van der Waals surface area contributed by atoms with Crippen LogP contribution >= 0.6 is 0 Å². The van der Waals surface area contributed by atoms with Crippen molar-refractivity contribution in [3.8, 4) is 0 Å². The third-order valence-electron chi connectivity index (χ3n) is 2.96. The standard InChI is InChI=1S/C14H27NO/c1-3-4-5-6-7-8-9-10-11-12-14(13-16)15-2/h13H,3-12H2,1-2H3. The number of carbonyl (C=O) groups excluding carboxylic acids is 1. The fourth-order valence-electron chi connectivity index (χ4n) is 1.84. The second-order valence-corrected chi connectivity index (χ2v) is 4.41. The maximum atomic E-state index is 10.5. The highest BCUT2D eigenvalue weighted by Gasteiger charge is 1.96. The molecule has 0 heterocycles. The van der Waals surface area contributed by atoms with Gasteiger partial charge in [-0.2, -0.15) is 0 Å². The number of nitrogens with zero attached hydrogens (tertiary/aromatic N) is 1. The molecular weight excluding hydrogens is 198 g/mol. The Hall–Kier alpha value is -0.660. The van der Waals surface area contributed by atoms with E-state index in [1.54, 1.807) is 7.05 Å². The minimum atomic E-state index is 0.711. The van der Waals surface area contributed by atoms with Crippen molar-refractivity contribution in [3.63, 3.8) is 0 Å². The third kappa shape index (κ3) is 9.88. The van der Waals surface area contributed by atoms with E-state index in [4.69, 9.17) is 0 Å². The van der Waals surface area contributed by atoms with Crippen molar-refractivity contribution in [1.82, 2.24) is 0 Å². The average Bonchev–Trinajstić information content (AvgIpc) is 2.32. The van der Waals surface area contributed by atoms with E-state index in [0.717, 1.165) is 19.1 Å². The summed E-state index contributed by atoms with van der Waals surface area (Å²) in [4.78, 5) is 14.4. The first-order valence-corrected chi connectivity index (χ1v) is 6.76. The lowest BCUT2D eigenvalue weighted by atomic mass is 10.1. The van der Waals surface area contributed by atoms with Gasteiger partial charge in [0.05, 0.1) is 5.71 Å². The van der Waals surface area contributed by atoms with Crippen LogP contribution in [0.1, 0.15) is 71.1 Å². The first-order chi connectivity index (χ1) is 7.85. The van der Waals surface area contributed by atoms with Crippen LogP contribution in [-0.2, 0) is 4.79 Å². The molecule has 0 aliphatic heterocycles. The molecule has 0 radical (unpaired) electrons. The topological polar surface area (TPSA) is 29.4 Å². The molecule has 0 rings (SSSR count). The molecule has 0 saturated heterocycles. The molecule has 2 heteroatoms. The van der Waals surface area contributed by atoms with E-state index < -0.39 is 0 Å². The molecule has 0 unspecified atom stereocenters. The van der Waals surface area contributed by atoms with Crippen LogP contribution in [0.2, 0.25) is 0 Å². The van der Waals surface area contributed by atoms with Gasteiger partial charge in [-0.05, 0) is 12.8 Å². The van der Waals surface area contributed by atoms with Crippen LogP contribution in [0.15, 0.2) is 4.99 Å². The monoisotopic (exact) mass is 225 g/mol. The Morgan fingerprint density at radius 2 is 1.44 bits per heavy atom. The Morgan fingerprint density at radius 3 is 1.88 bits per heavy atom. The SMILES string of the molecule is CCCCCCCCCCCC(C=O)=NC. The Morgan fingerprint density at radius 1 is 0.938 bits per heavy atom. The summed E-state index contributed by atoms with van der Waals surface area (Å²) in [7, 11) is 1.69. The van der Waals surface area contributed by atoms with Gasteiger partial charge >= 0.3 is 0 Å². The molecule has 16 heavy (non-hydrogen) atoms. The second kappa shape index (κ2) is 12.4. The maximum Gasteiger partial charge on any atom is 0.163 e. The van der Waals surface area contributed by atoms with Gasteiger partial charge in [0.1, 0.15) is 0 Å². The molecule has 0 fully saturated rings. The number of aldehydes is 1. The van der Waals surface area contributed by atoms with Crippen molar-refractivity contribution < 1.29 is 4.79 Å². The molecule has 0 N–H and O–H groups in total. The van der Waals surface area contributed by atoms with Gasteiger partial charge in [-0.25, -0.2) is 0 Å². The van der Waals surface area contributed by atoms with Gasteiger partial charge in [0.25, 0.3) is 0 Å².